The van der Waals surface area contributed by atoms with Crippen LogP contribution in [0.1, 0.15) is 47.6 Å². The molecule has 0 spiro atoms. The molecular weight excluding hydrogens is 338 g/mol. The monoisotopic (exact) mass is 361 g/mol. The fraction of sp³-hybridized carbons (Fsp3) is 0.286. The first kappa shape index (κ1) is 18.6. The number of H-pyrrole nitrogens is 1. The highest BCUT2D eigenvalue weighted by Gasteiger charge is 2.24. The van der Waals surface area contributed by atoms with E-state index in [4.69, 9.17) is 5.41 Å². The summed E-state index contributed by atoms with van der Waals surface area (Å²) in [4.78, 5) is 0. The summed E-state index contributed by atoms with van der Waals surface area (Å²) in [7, 11) is 0. The Labute approximate surface area is 158 Å². The van der Waals surface area contributed by atoms with Gasteiger partial charge in [-0.2, -0.15) is 10.4 Å². The van der Waals surface area contributed by atoms with Gasteiger partial charge in [-0.15, -0.1) is 0 Å². The normalized spacial score (nSPS) is 11.4. The van der Waals surface area contributed by atoms with E-state index < -0.39 is 5.60 Å². The molecule has 3 rings (SSSR count). The fourth-order valence-electron chi connectivity index (χ4n) is 3.49. The van der Waals surface area contributed by atoms with Crippen molar-refractivity contribution in [2.75, 3.05) is 0 Å². The number of aliphatic hydroxyl groups is 1. The predicted molar refractivity (Wildman–Crippen MR) is 105 cm³/mol. The summed E-state index contributed by atoms with van der Waals surface area (Å²) in [5.74, 6) is 0. The summed E-state index contributed by atoms with van der Waals surface area (Å²) in [6.45, 7) is 7.88. The standard InChI is InChI=1S/C21H23N5O/c1-13-18(10-23)19(16-7-5-15(9-22)6-8-16)14(2)26(13)12-17-11-24-25-20(17)21(3,4)27/h5-9,11,22,27H,12H2,1-4H3,(H,24,25). The molecule has 0 aliphatic carbocycles. The van der Waals surface area contributed by atoms with E-state index in [1.165, 1.54) is 6.21 Å². The van der Waals surface area contributed by atoms with Crippen molar-refractivity contribution in [2.45, 2.75) is 39.8 Å². The summed E-state index contributed by atoms with van der Waals surface area (Å²) >= 11 is 0. The van der Waals surface area contributed by atoms with Crippen molar-refractivity contribution in [2.24, 2.45) is 0 Å². The van der Waals surface area contributed by atoms with Gasteiger partial charge in [-0.25, -0.2) is 0 Å². The quantitative estimate of drug-likeness (QED) is 0.605. The number of rotatable bonds is 5. The third-order valence-electron chi connectivity index (χ3n) is 4.92. The molecule has 0 atom stereocenters. The van der Waals surface area contributed by atoms with E-state index in [1.807, 2.05) is 38.1 Å². The van der Waals surface area contributed by atoms with Crippen molar-refractivity contribution in [3.05, 3.63) is 64.2 Å². The zero-order valence-corrected chi connectivity index (χ0v) is 16.0. The van der Waals surface area contributed by atoms with Gasteiger partial charge >= 0.3 is 0 Å². The second kappa shape index (κ2) is 6.86. The fourth-order valence-corrected chi connectivity index (χ4v) is 3.49. The average molecular weight is 361 g/mol. The summed E-state index contributed by atoms with van der Waals surface area (Å²) in [6.07, 6.45) is 3.02. The molecule has 6 heteroatoms. The first-order chi connectivity index (χ1) is 12.8. The SMILES string of the molecule is Cc1c(C#N)c(-c2ccc(C=N)cc2)c(C)n1Cc1cn[nH]c1C(C)(C)O. The Bertz CT molecular complexity index is 1030. The van der Waals surface area contributed by atoms with Gasteiger partial charge < -0.3 is 15.1 Å². The first-order valence-corrected chi connectivity index (χ1v) is 8.73. The predicted octanol–water partition coefficient (Wildman–Crippen LogP) is 3.64. The average Bonchev–Trinajstić information content (AvgIpc) is 3.20. The Morgan fingerprint density at radius 1 is 1.26 bits per heavy atom. The lowest BCUT2D eigenvalue weighted by Crippen LogP contribution is -2.19. The van der Waals surface area contributed by atoms with Gasteiger partial charge in [-0.05, 0) is 38.8 Å². The molecule has 2 aromatic heterocycles. The molecule has 0 radical (unpaired) electrons. The number of nitrogens with one attached hydrogen (secondary N) is 2. The lowest BCUT2D eigenvalue weighted by Gasteiger charge is -2.18. The van der Waals surface area contributed by atoms with Gasteiger partial charge in [0.1, 0.15) is 11.7 Å². The molecule has 6 nitrogen and oxygen atoms in total. The molecular formula is C21H23N5O. The van der Waals surface area contributed by atoms with E-state index in [0.29, 0.717) is 17.8 Å². The number of nitrogens with zero attached hydrogens (tertiary/aromatic N) is 3. The Balaban J connectivity index is 2.11. The van der Waals surface area contributed by atoms with Gasteiger partial charge in [-0.3, -0.25) is 5.10 Å². The summed E-state index contributed by atoms with van der Waals surface area (Å²) in [5.41, 5.74) is 5.71. The number of aromatic amines is 1. The van der Waals surface area contributed by atoms with Crippen molar-refractivity contribution >= 4 is 6.21 Å². The van der Waals surface area contributed by atoms with Gasteiger partial charge in [0.15, 0.2) is 0 Å². The van der Waals surface area contributed by atoms with Crippen LogP contribution >= 0.6 is 0 Å². The Morgan fingerprint density at radius 3 is 2.48 bits per heavy atom. The zero-order chi connectivity index (χ0) is 19.8. The van der Waals surface area contributed by atoms with E-state index in [1.54, 1.807) is 20.0 Å². The molecule has 0 aliphatic heterocycles. The Kier molecular flexibility index (Phi) is 4.73. The maximum atomic E-state index is 10.4. The Morgan fingerprint density at radius 2 is 1.93 bits per heavy atom. The van der Waals surface area contributed by atoms with E-state index in [2.05, 4.69) is 20.8 Å². The van der Waals surface area contributed by atoms with Gasteiger partial charge in [0.05, 0.1) is 24.0 Å². The molecule has 138 valence electrons. The van der Waals surface area contributed by atoms with Crippen LogP contribution in [0, 0.1) is 30.6 Å². The molecule has 0 saturated carbocycles. The maximum Gasteiger partial charge on any atom is 0.102 e. The highest BCUT2D eigenvalue weighted by Crippen LogP contribution is 2.33. The van der Waals surface area contributed by atoms with Crippen LogP contribution in [-0.4, -0.2) is 26.1 Å². The van der Waals surface area contributed by atoms with E-state index in [9.17, 15) is 10.4 Å². The van der Waals surface area contributed by atoms with Gasteiger partial charge in [0.25, 0.3) is 0 Å². The topological polar surface area (TPSA) is 101 Å². The minimum atomic E-state index is -1.02. The third-order valence-corrected chi connectivity index (χ3v) is 4.92. The van der Waals surface area contributed by atoms with Crippen LogP contribution in [0.4, 0.5) is 0 Å². The van der Waals surface area contributed by atoms with Crippen LogP contribution in [0.3, 0.4) is 0 Å². The number of benzene rings is 1. The van der Waals surface area contributed by atoms with Crippen LogP contribution in [0.2, 0.25) is 0 Å². The van der Waals surface area contributed by atoms with E-state index in [0.717, 1.165) is 33.6 Å². The lowest BCUT2D eigenvalue weighted by molar-refractivity contribution is 0.0727. The van der Waals surface area contributed by atoms with Crippen LogP contribution in [-0.2, 0) is 12.1 Å². The minimum Gasteiger partial charge on any atom is -0.384 e. The largest absolute Gasteiger partial charge is 0.384 e. The number of nitriles is 1. The van der Waals surface area contributed by atoms with E-state index in [-0.39, 0.29) is 0 Å². The Hall–Kier alpha value is -3.17. The van der Waals surface area contributed by atoms with Gasteiger partial charge in [-0.1, -0.05) is 24.3 Å². The second-order valence-electron chi connectivity index (χ2n) is 7.21. The number of hydrogen-bond acceptors (Lipinski definition) is 4. The molecule has 0 aliphatic rings. The first-order valence-electron chi connectivity index (χ1n) is 8.73. The lowest BCUT2D eigenvalue weighted by atomic mass is 10.00. The van der Waals surface area contributed by atoms with Crippen LogP contribution < -0.4 is 0 Å². The van der Waals surface area contributed by atoms with Crippen LogP contribution in [0.5, 0.6) is 0 Å². The third kappa shape index (κ3) is 3.29. The molecule has 3 N–H and O–H groups in total. The molecule has 0 saturated heterocycles. The molecule has 2 heterocycles. The van der Waals surface area contributed by atoms with Crippen molar-refractivity contribution in [3.8, 4) is 17.2 Å². The van der Waals surface area contributed by atoms with Crippen molar-refractivity contribution in [3.63, 3.8) is 0 Å². The highest BCUT2D eigenvalue weighted by atomic mass is 16.3. The van der Waals surface area contributed by atoms with Crippen molar-refractivity contribution in [1.82, 2.24) is 14.8 Å². The number of hydrogen-bond donors (Lipinski definition) is 3. The highest BCUT2D eigenvalue weighted by molar-refractivity contribution is 5.80. The van der Waals surface area contributed by atoms with Crippen molar-refractivity contribution < 1.29 is 5.11 Å². The molecule has 0 bridgehead atoms. The molecule has 27 heavy (non-hydrogen) atoms. The van der Waals surface area contributed by atoms with Gasteiger partial charge in [0, 0.05) is 28.7 Å². The van der Waals surface area contributed by atoms with Crippen molar-refractivity contribution in [1.29, 1.82) is 10.7 Å². The molecule has 3 aromatic rings. The van der Waals surface area contributed by atoms with Gasteiger partial charge in [0.2, 0.25) is 0 Å². The summed E-state index contributed by atoms with van der Waals surface area (Å²) in [6, 6.07) is 9.96. The smallest absolute Gasteiger partial charge is 0.102 e. The molecule has 0 fully saturated rings. The summed E-state index contributed by atoms with van der Waals surface area (Å²) in [5, 5.41) is 34.4. The second-order valence-corrected chi connectivity index (χ2v) is 7.21. The number of aromatic nitrogens is 3. The van der Waals surface area contributed by atoms with E-state index >= 15 is 0 Å². The minimum absolute atomic E-state index is 0.515. The molecule has 0 amide bonds. The summed E-state index contributed by atoms with van der Waals surface area (Å²) < 4.78 is 2.08. The zero-order valence-electron chi connectivity index (χ0n) is 16.0. The molecule has 1 aromatic carbocycles. The van der Waals surface area contributed by atoms with Crippen LogP contribution in [0.25, 0.3) is 11.1 Å². The van der Waals surface area contributed by atoms with Crippen LogP contribution in [0.15, 0.2) is 30.5 Å². The maximum absolute atomic E-state index is 10.4. The molecule has 0 unspecified atom stereocenters.